The van der Waals surface area contributed by atoms with Crippen molar-refractivity contribution in [1.29, 1.82) is 0 Å². The Labute approximate surface area is 233 Å². The van der Waals surface area contributed by atoms with E-state index < -0.39 is 0 Å². The summed E-state index contributed by atoms with van der Waals surface area (Å²) in [5, 5.41) is 2.09. The molecule has 7 aromatic rings. The number of para-hydroxylation sites is 4. The number of aromatic nitrogens is 2. The highest BCUT2D eigenvalue weighted by molar-refractivity contribution is 6.05. The Kier molecular flexibility index (Phi) is 6.11. The van der Waals surface area contributed by atoms with Crippen molar-refractivity contribution in [3.63, 3.8) is 0 Å². The van der Waals surface area contributed by atoms with Gasteiger partial charge in [-0.3, -0.25) is 9.97 Å². The molecular formula is C36H26N4. The number of benzene rings is 5. The molecule has 0 saturated heterocycles. The van der Waals surface area contributed by atoms with E-state index in [1.54, 1.807) is 0 Å². The summed E-state index contributed by atoms with van der Waals surface area (Å²) in [5.41, 5.74) is 8.11. The van der Waals surface area contributed by atoms with Crippen molar-refractivity contribution in [2.75, 3.05) is 9.80 Å². The molecule has 0 atom stereocenters. The van der Waals surface area contributed by atoms with Crippen molar-refractivity contribution in [2.24, 2.45) is 0 Å². The van der Waals surface area contributed by atoms with E-state index in [0.29, 0.717) is 0 Å². The number of rotatable bonds is 6. The summed E-state index contributed by atoms with van der Waals surface area (Å²) >= 11 is 0. The van der Waals surface area contributed by atoms with Crippen LogP contribution in [0.15, 0.2) is 158 Å². The SMILES string of the molecule is c1ccc(N(c2ccccc2)c2cnc3c(ccc4cc(N(c5ccccc5)c5ccccc5)cnc43)c2)cc1. The zero-order valence-corrected chi connectivity index (χ0v) is 21.8. The monoisotopic (exact) mass is 514 g/mol. The normalized spacial score (nSPS) is 11.0. The lowest BCUT2D eigenvalue weighted by Crippen LogP contribution is -2.10. The molecule has 5 aromatic carbocycles. The van der Waals surface area contributed by atoms with Crippen molar-refractivity contribution in [3.8, 4) is 0 Å². The number of anilines is 6. The maximum absolute atomic E-state index is 4.95. The van der Waals surface area contributed by atoms with Crippen molar-refractivity contribution >= 4 is 55.9 Å². The van der Waals surface area contributed by atoms with Gasteiger partial charge in [0.25, 0.3) is 0 Å². The number of hydrogen-bond donors (Lipinski definition) is 0. The molecule has 0 fully saturated rings. The van der Waals surface area contributed by atoms with E-state index >= 15 is 0 Å². The number of fused-ring (bicyclic) bond motifs is 3. The fourth-order valence-electron chi connectivity index (χ4n) is 5.22. The zero-order chi connectivity index (χ0) is 26.7. The number of hydrogen-bond acceptors (Lipinski definition) is 4. The molecule has 0 aliphatic carbocycles. The van der Waals surface area contributed by atoms with E-state index in [-0.39, 0.29) is 0 Å². The summed E-state index contributed by atoms with van der Waals surface area (Å²) in [4.78, 5) is 14.4. The van der Waals surface area contributed by atoms with E-state index in [0.717, 1.165) is 55.9 Å². The van der Waals surface area contributed by atoms with Gasteiger partial charge in [0.15, 0.2) is 0 Å². The first kappa shape index (κ1) is 23.6. The molecule has 4 heteroatoms. The first-order chi connectivity index (χ1) is 19.8. The van der Waals surface area contributed by atoms with Crippen LogP contribution < -0.4 is 9.80 Å². The summed E-state index contributed by atoms with van der Waals surface area (Å²) in [5.74, 6) is 0. The first-order valence-electron chi connectivity index (χ1n) is 13.3. The fourth-order valence-corrected chi connectivity index (χ4v) is 5.22. The van der Waals surface area contributed by atoms with Gasteiger partial charge in [-0.2, -0.15) is 0 Å². The summed E-state index contributed by atoms with van der Waals surface area (Å²) in [6.07, 6.45) is 3.88. The van der Waals surface area contributed by atoms with Gasteiger partial charge in [0, 0.05) is 33.5 Å². The Morgan fingerprint density at radius 3 is 0.925 bits per heavy atom. The lowest BCUT2D eigenvalue weighted by Gasteiger charge is -2.26. The maximum Gasteiger partial charge on any atom is 0.0966 e. The van der Waals surface area contributed by atoms with Crippen LogP contribution in [-0.2, 0) is 0 Å². The first-order valence-corrected chi connectivity index (χ1v) is 13.3. The molecule has 4 nitrogen and oxygen atoms in total. The molecular weight excluding hydrogens is 488 g/mol. The van der Waals surface area contributed by atoms with E-state index in [1.165, 1.54) is 0 Å². The summed E-state index contributed by atoms with van der Waals surface area (Å²) in [6, 6.07) is 50.2. The van der Waals surface area contributed by atoms with Gasteiger partial charge in [-0.25, -0.2) is 0 Å². The topological polar surface area (TPSA) is 32.3 Å². The molecule has 0 unspecified atom stereocenters. The van der Waals surface area contributed by atoms with Gasteiger partial charge in [0.05, 0.1) is 34.8 Å². The molecule has 0 spiro atoms. The lowest BCUT2D eigenvalue weighted by atomic mass is 10.1. The van der Waals surface area contributed by atoms with Crippen LogP contribution in [0.4, 0.5) is 34.1 Å². The average molecular weight is 515 g/mol. The highest BCUT2D eigenvalue weighted by atomic mass is 15.2. The van der Waals surface area contributed by atoms with Crippen molar-refractivity contribution in [1.82, 2.24) is 9.97 Å². The molecule has 0 amide bonds. The molecule has 190 valence electrons. The summed E-state index contributed by atoms with van der Waals surface area (Å²) in [6.45, 7) is 0. The van der Waals surface area contributed by atoms with Gasteiger partial charge >= 0.3 is 0 Å². The molecule has 7 rings (SSSR count). The standard InChI is InChI=1S/C36H26N4/c1-5-13-29(14-6-1)39(30-15-7-2-8-16-30)33-23-27-21-22-28-24-34(26-38-36(28)35(27)37-25-33)40(31-17-9-3-10-18-31)32-19-11-4-12-20-32/h1-26H. The van der Waals surface area contributed by atoms with Gasteiger partial charge in [-0.05, 0) is 60.7 Å². The second kappa shape index (κ2) is 10.4. The molecule has 0 aliphatic heterocycles. The Bertz CT molecular complexity index is 1670. The van der Waals surface area contributed by atoms with Crippen LogP contribution in [0.5, 0.6) is 0 Å². The fraction of sp³-hybridized carbons (Fsp3) is 0. The average Bonchev–Trinajstić information content (AvgIpc) is 3.03. The quantitative estimate of drug-likeness (QED) is 0.207. The smallest absolute Gasteiger partial charge is 0.0966 e. The molecule has 0 aliphatic rings. The minimum atomic E-state index is 0.889. The number of pyridine rings is 2. The Morgan fingerprint density at radius 2 is 0.625 bits per heavy atom. The predicted octanol–water partition coefficient (Wildman–Crippen LogP) is 9.72. The number of nitrogens with zero attached hydrogens (tertiary/aromatic N) is 4. The largest absolute Gasteiger partial charge is 0.309 e. The van der Waals surface area contributed by atoms with E-state index in [2.05, 4.69) is 131 Å². The summed E-state index contributed by atoms with van der Waals surface area (Å²) < 4.78 is 0. The van der Waals surface area contributed by atoms with Crippen LogP contribution in [-0.4, -0.2) is 9.97 Å². The molecule has 0 bridgehead atoms. The van der Waals surface area contributed by atoms with Crippen LogP contribution in [0.1, 0.15) is 0 Å². The Hall–Kier alpha value is -5.48. The molecule has 2 heterocycles. The minimum absolute atomic E-state index is 0.889. The van der Waals surface area contributed by atoms with Gasteiger partial charge in [0.1, 0.15) is 0 Å². The van der Waals surface area contributed by atoms with Crippen molar-refractivity contribution in [2.45, 2.75) is 0 Å². The van der Waals surface area contributed by atoms with Crippen LogP contribution >= 0.6 is 0 Å². The Morgan fingerprint density at radius 1 is 0.325 bits per heavy atom. The highest BCUT2D eigenvalue weighted by Gasteiger charge is 2.16. The van der Waals surface area contributed by atoms with Gasteiger partial charge in [-0.1, -0.05) is 84.9 Å². The van der Waals surface area contributed by atoms with E-state index in [4.69, 9.17) is 9.97 Å². The second-order valence-electron chi connectivity index (χ2n) is 9.61. The summed E-state index contributed by atoms with van der Waals surface area (Å²) in [7, 11) is 0. The second-order valence-corrected chi connectivity index (χ2v) is 9.61. The van der Waals surface area contributed by atoms with Gasteiger partial charge < -0.3 is 9.80 Å². The molecule has 0 saturated carbocycles. The Balaban J connectivity index is 1.33. The van der Waals surface area contributed by atoms with Crippen LogP contribution in [0.3, 0.4) is 0 Å². The zero-order valence-electron chi connectivity index (χ0n) is 21.8. The van der Waals surface area contributed by atoms with Crippen LogP contribution in [0, 0.1) is 0 Å². The minimum Gasteiger partial charge on any atom is -0.309 e. The van der Waals surface area contributed by atoms with Gasteiger partial charge in [0.2, 0.25) is 0 Å². The maximum atomic E-state index is 4.95. The van der Waals surface area contributed by atoms with Crippen molar-refractivity contribution in [3.05, 3.63) is 158 Å². The molecule has 2 aromatic heterocycles. The molecule has 0 radical (unpaired) electrons. The predicted molar refractivity (Wildman–Crippen MR) is 166 cm³/mol. The third kappa shape index (κ3) is 4.42. The lowest BCUT2D eigenvalue weighted by molar-refractivity contribution is 1.24. The van der Waals surface area contributed by atoms with E-state index in [1.807, 2.05) is 36.7 Å². The van der Waals surface area contributed by atoms with E-state index in [9.17, 15) is 0 Å². The third-order valence-corrected chi connectivity index (χ3v) is 7.05. The molecule has 0 N–H and O–H groups in total. The third-order valence-electron chi connectivity index (χ3n) is 7.05. The van der Waals surface area contributed by atoms with Crippen LogP contribution in [0.25, 0.3) is 21.8 Å². The van der Waals surface area contributed by atoms with Crippen LogP contribution in [0.2, 0.25) is 0 Å². The van der Waals surface area contributed by atoms with Crippen molar-refractivity contribution < 1.29 is 0 Å². The molecule has 40 heavy (non-hydrogen) atoms. The van der Waals surface area contributed by atoms with Gasteiger partial charge in [-0.15, -0.1) is 0 Å². The highest BCUT2D eigenvalue weighted by Crippen LogP contribution is 2.38.